The molecule has 0 saturated heterocycles. The molecule has 4 heterocycles. The summed E-state index contributed by atoms with van der Waals surface area (Å²) < 4.78 is 28.6. The molecule has 0 spiro atoms. The molecule has 0 bridgehead atoms. The van der Waals surface area contributed by atoms with Crippen LogP contribution in [0.3, 0.4) is 0 Å². The molecule has 4 aromatic heterocycles. The topological polar surface area (TPSA) is 178 Å². The number of aryl methyl sites for hydroxylation is 2. The number of fused-ring (bicyclic) bond motifs is 4. The fraction of sp³-hybridized carbons (Fsp3) is 0.280. The predicted molar refractivity (Wildman–Crippen MR) is 278 cm³/mol. The van der Waals surface area contributed by atoms with Gasteiger partial charge in [0.25, 0.3) is 0 Å². The van der Waals surface area contributed by atoms with Crippen LogP contribution in [0, 0.1) is 23.5 Å². The molecular weight excluding hydrogens is 974 g/mol. The molecule has 2 aromatic carbocycles. The van der Waals surface area contributed by atoms with Crippen molar-refractivity contribution in [3.8, 4) is 0 Å². The summed E-state index contributed by atoms with van der Waals surface area (Å²) in [5.74, 6) is 6.07. The molecule has 6 aromatic rings. The third-order valence-corrected chi connectivity index (χ3v) is 13.6. The van der Waals surface area contributed by atoms with Gasteiger partial charge in [0.1, 0.15) is 11.6 Å². The number of amides is 2. The Kier molecular flexibility index (Phi) is 16.1. The number of halogens is 4. The zero-order valence-electron chi connectivity index (χ0n) is 38.2. The van der Waals surface area contributed by atoms with Crippen LogP contribution in [-0.2, 0) is 35.3 Å². The van der Waals surface area contributed by atoms with Crippen molar-refractivity contribution in [3.63, 3.8) is 0 Å². The standard InChI is InChI=1S/C25H24ClFN6OS.C15H13FN2S.C10H13ClN4O/c1-33(24(34)15-5-6-15)16-11-20(26)23(29-12-16)31-32-25(35)30-22-18-3-2-4-21(27)17(18)8-7-14-9-10-28-13-19(14)22;16-14-3-1-2-12-11(14)5-4-10-6-7-17-8-13(10)15(12)18-9-19;1-15(10(16)6-2-3-6)7-4-8(11)9(14-12)13-5-7/h2-4,9-13,15,22H,5-8H2,1H3,(H,29,31)(H2,30,32,35);1-3,6-9,15H,4-5H2,(H,18,19);4-6H,2-3,12H2,1H3,(H,13,14). The molecule has 2 unspecified atom stereocenters. The first kappa shape index (κ1) is 50.0. The van der Waals surface area contributed by atoms with E-state index >= 15 is 0 Å². The number of thiocarbonyl (C=S) groups is 2. The van der Waals surface area contributed by atoms with Gasteiger partial charge in [-0.15, -0.1) is 0 Å². The minimum absolute atomic E-state index is 0.0713. The summed E-state index contributed by atoms with van der Waals surface area (Å²) in [7, 11) is 3.45. The number of hydrazine groups is 2. The molecule has 7 N–H and O–H groups in total. The Morgan fingerprint density at radius 3 is 1.66 bits per heavy atom. The molecule has 2 amide bonds. The van der Waals surface area contributed by atoms with Crippen molar-refractivity contribution in [2.45, 2.75) is 63.5 Å². The fourth-order valence-corrected chi connectivity index (χ4v) is 9.22. The van der Waals surface area contributed by atoms with Gasteiger partial charge in [-0.2, -0.15) is 0 Å². The molecule has 10 rings (SSSR count). The molecule has 20 heteroatoms. The van der Waals surface area contributed by atoms with E-state index in [0.29, 0.717) is 57.9 Å². The predicted octanol–water partition coefficient (Wildman–Crippen LogP) is 8.67. The summed E-state index contributed by atoms with van der Waals surface area (Å²) in [5, 5.41) is 7.45. The van der Waals surface area contributed by atoms with Crippen molar-refractivity contribution in [2.24, 2.45) is 17.7 Å². The number of hydrogen-bond acceptors (Lipinski definition) is 11. The van der Waals surface area contributed by atoms with E-state index in [4.69, 9.17) is 53.5 Å². The SMILES string of the molecule is CN(C(=O)C1CC1)c1cnc(NN)c(Cl)c1.CN(C(=O)C1CC1)c1cnc(NNC(=S)NC2c3cnccc3CCc3c(F)cccc32)c(Cl)c1.Fc1cccc2c1CCc1ccncc1C2NC=S. The fourth-order valence-electron chi connectivity index (χ4n) is 8.49. The molecule has 0 aliphatic heterocycles. The Bertz CT molecular complexity index is 2930. The van der Waals surface area contributed by atoms with E-state index in [1.54, 1.807) is 79.1 Å². The van der Waals surface area contributed by atoms with Gasteiger partial charge in [0.15, 0.2) is 16.7 Å². The Balaban J connectivity index is 0.000000157. The number of hydrogen-bond donors (Lipinski definition) is 6. The number of nitrogens with two attached hydrogens (primary N) is 1. The third kappa shape index (κ3) is 11.6. The van der Waals surface area contributed by atoms with Gasteiger partial charge in [0.2, 0.25) is 11.8 Å². The van der Waals surface area contributed by atoms with Crippen LogP contribution in [0.2, 0.25) is 10.0 Å². The first-order valence-electron chi connectivity index (χ1n) is 22.6. The van der Waals surface area contributed by atoms with Crippen molar-refractivity contribution in [2.75, 3.05) is 34.7 Å². The number of benzene rings is 2. The van der Waals surface area contributed by atoms with E-state index < -0.39 is 0 Å². The number of anilines is 4. The molecule has 362 valence electrons. The van der Waals surface area contributed by atoms with Gasteiger partial charge >= 0.3 is 0 Å². The Hall–Kier alpha value is -6.44. The van der Waals surface area contributed by atoms with Gasteiger partial charge in [-0.25, -0.2) is 24.6 Å². The molecule has 70 heavy (non-hydrogen) atoms. The average Bonchev–Trinajstić information content (AvgIpc) is 4.29. The lowest BCUT2D eigenvalue weighted by molar-refractivity contribution is -0.120. The van der Waals surface area contributed by atoms with Gasteiger partial charge in [0.05, 0.1) is 51.4 Å². The van der Waals surface area contributed by atoms with Crippen LogP contribution in [0.1, 0.15) is 82.3 Å². The Morgan fingerprint density at radius 2 is 1.19 bits per heavy atom. The molecule has 4 aliphatic carbocycles. The summed E-state index contributed by atoms with van der Waals surface area (Å²) in [6.45, 7) is 0. The minimum Gasteiger partial charge on any atom is -0.371 e. The van der Waals surface area contributed by atoms with Crippen LogP contribution in [0.4, 0.5) is 31.8 Å². The largest absolute Gasteiger partial charge is 0.371 e. The van der Waals surface area contributed by atoms with Crippen LogP contribution in [0.5, 0.6) is 0 Å². The minimum atomic E-state index is -0.374. The normalized spacial score (nSPS) is 16.2. The summed E-state index contributed by atoms with van der Waals surface area (Å²) in [6, 6.07) is 17.1. The lowest BCUT2D eigenvalue weighted by Gasteiger charge is -2.24. The molecular formula is C50H50Cl2F2N12O2S2. The number of pyridine rings is 4. The van der Waals surface area contributed by atoms with Gasteiger partial charge in [-0.05, 0) is 133 Å². The van der Waals surface area contributed by atoms with E-state index in [9.17, 15) is 18.4 Å². The molecule has 14 nitrogen and oxygen atoms in total. The Morgan fingerprint density at radius 1 is 0.700 bits per heavy atom. The smallest absolute Gasteiger partial charge is 0.229 e. The second kappa shape index (κ2) is 22.5. The van der Waals surface area contributed by atoms with Crippen molar-refractivity contribution in [1.29, 1.82) is 0 Å². The van der Waals surface area contributed by atoms with E-state index in [1.165, 1.54) is 23.2 Å². The van der Waals surface area contributed by atoms with E-state index in [-0.39, 0.29) is 52.5 Å². The number of rotatable bonds is 10. The third-order valence-electron chi connectivity index (χ3n) is 12.6. The molecule has 0 radical (unpaired) electrons. The number of aromatic nitrogens is 4. The summed E-state index contributed by atoms with van der Waals surface area (Å²) in [5.41, 5.74) is 18.5. The highest BCUT2D eigenvalue weighted by atomic mass is 35.5. The number of carbonyl (C=O) groups is 2. The van der Waals surface area contributed by atoms with Gasteiger partial charge in [0, 0.05) is 61.8 Å². The van der Waals surface area contributed by atoms with Crippen LogP contribution in [0.25, 0.3) is 0 Å². The van der Waals surface area contributed by atoms with Crippen molar-refractivity contribution < 1.29 is 18.4 Å². The van der Waals surface area contributed by atoms with Gasteiger partial charge in [-0.3, -0.25) is 30.4 Å². The highest BCUT2D eigenvalue weighted by molar-refractivity contribution is 7.80. The molecule has 4 aliphatic rings. The maximum absolute atomic E-state index is 14.6. The first-order valence-corrected chi connectivity index (χ1v) is 24.3. The number of nitrogens with zero attached hydrogens (tertiary/aromatic N) is 6. The first-order chi connectivity index (χ1) is 33.9. The maximum atomic E-state index is 14.6. The second-order valence-electron chi connectivity index (χ2n) is 17.2. The quantitative estimate of drug-likeness (QED) is 0.0436. The average molecular weight is 1020 g/mol. The lowest BCUT2D eigenvalue weighted by atomic mass is 9.96. The number of nitrogens with one attached hydrogen (secondary N) is 5. The van der Waals surface area contributed by atoms with Crippen molar-refractivity contribution in [1.82, 2.24) is 36.0 Å². The van der Waals surface area contributed by atoms with E-state index in [2.05, 4.69) is 46.8 Å². The second-order valence-corrected chi connectivity index (χ2v) is 18.6. The van der Waals surface area contributed by atoms with Crippen LogP contribution < -0.4 is 42.6 Å². The van der Waals surface area contributed by atoms with Crippen molar-refractivity contribution >= 4 is 93.1 Å². The monoisotopic (exact) mass is 1020 g/mol. The van der Waals surface area contributed by atoms with Crippen molar-refractivity contribution in [3.05, 3.63) is 164 Å². The van der Waals surface area contributed by atoms with E-state index in [0.717, 1.165) is 65.5 Å². The summed E-state index contributed by atoms with van der Waals surface area (Å²) in [6.07, 6.45) is 17.0. The summed E-state index contributed by atoms with van der Waals surface area (Å²) >= 11 is 22.8. The number of carbonyl (C=O) groups excluding carboxylic acids is 2. The summed E-state index contributed by atoms with van der Waals surface area (Å²) in [4.78, 5) is 44.1. The van der Waals surface area contributed by atoms with Crippen LogP contribution in [0.15, 0.2) is 97.8 Å². The van der Waals surface area contributed by atoms with Crippen LogP contribution in [-0.4, -0.2) is 56.4 Å². The maximum Gasteiger partial charge on any atom is 0.229 e. The molecule has 2 saturated carbocycles. The highest BCUT2D eigenvalue weighted by Gasteiger charge is 2.34. The van der Waals surface area contributed by atoms with E-state index in [1.807, 2.05) is 30.5 Å². The zero-order valence-corrected chi connectivity index (χ0v) is 41.3. The Labute approximate surface area is 425 Å². The zero-order chi connectivity index (χ0) is 49.5. The van der Waals surface area contributed by atoms with Gasteiger partial charge < -0.3 is 25.9 Å². The molecule has 2 atom stereocenters. The number of nitrogen functional groups attached to an aromatic ring is 1. The highest BCUT2D eigenvalue weighted by Crippen LogP contribution is 2.37. The van der Waals surface area contributed by atoms with Crippen LogP contribution >= 0.6 is 47.6 Å². The van der Waals surface area contributed by atoms with Gasteiger partial charge in [-0.1, -0.05) is 59.7 Å². The lowest BCUT2D eigenvalue weighted by Crippen LogP contribution is -2.41. The molecule has 2 fully saturated rings.